The molecule has 6 nitrogen and oxygen atoms in total. The Labute approximate surface area is 149 Å². The van der Waals surface area contributed by atoms with E-state index in [1.807, 2.05) is 12.4 Å². The molecule has 1 fully saturated rings. The van der Waals surface area contributed by atoms with Gasteiger partial charge in [-0.1, -0.05) is 12.8 Å². The predicted molar refractivity (Wildman–Crippen MR) is 98.7 cm³/mol. The van der Waals surface area contributed by atoms with E-state index in [2.05, 4.69) is 27.1 Å². The van der Waals surface area contributed by atoms with E-state index < -0.39 is 0 Å². The fourth-order valence-electron chi connectivity index (χ4n) is 4.03. The summed E-state index contributed by atoms with van der Waals surface area (Å²) >= 11 is 0. The van der Waals surface area contributed by atoms with Crippen molar-refractivity contribution in [3.05, 3.63) is 35.3 Å². The third-order valence-corrected chi connectivity index (χ3v) is 5.48. The minimum absolute atomic E-state index is 0.541. The highest BCUT2D eigenvalue weighted by Gasteiger charge is 2.24. The first-order valence-corrected chi connectivity index (χ1v) is 9.69. The second-order valence-corrected chi connectivity index (χ2v) is 7.07. The summed E-state index contributed by atoms with van der Waals surface area (Å²) in [6.45, 7) is 5.80. The van der Waals surface area contributed by atoms with Crippen LogP contribution >= 0.6 is 0 Å². The van der Waals surface area contributed by atoms with Crippen molar-refractivity contribution in [1.82, 2.24) is 24.8 Å². The highest BCUT2D eigenvalue weighted by atomic mass is 15.1. The Balaban J connectivity index is 1.63. The van der Waals surface area contributed by atoms with Gasteiger partial charge in [0.15, 0.2) is 0 Å². The molecule has 0 amide bonds. The molecule has 0 atom stereocenters. The normalized spacial score (nSPS) is 18.1. The van der Waals surface area contributed by atoms with Crippen LogP contribution in [0.15, 0.2) is 12.4 Å². The van der Waals surface area contributed by atoms with E-state index in [0.717, 1.165) is 49.9 Å². The maximum atomic E-state index is 4.98. The SMILES string of the molecule is CCn1ccnc1CNc1nc(C2CCCC2)nc2c1CCNCC2. The van der Waals surface area contributed by atoms with Crippen LogP contribution in [0.3, 0.4) is 0 Å². The number of imidazole rings is 1. The number of anilines is 1. The summed E-state index contributed by atoms with van der Waals surface area (Å²) < 4.78 is 2.17. The van der Waals surface area contributed by atoms with E-state index in [0.29, 0.717) is 12.5 Å². The molecule has 0 unspecified atom stereocenters. The highest BCUT2D eigenvalue weighted by molar-refractivity contribution is 5.48. The summed E-state index contributed by atoms with van der Waals surface area (Å²) in [6.07, 6.45) is 11.0. The largest absolute Gasteiger partial charge is 0.362 e. The maximum Gasteiger partial charge on any atom is 0.134 e. The van der Waals surface area contributed by atoms with Crippen LogP contribution in [0.2, 0.25) is 0 Å². The molecule has 6 heteroatoms. The Morgan fingerprint density at radius 2 is 2.04 bits per heavy atom. The van der Waals surface area contributed by atoms with Crippen LogP contribution in [0, 0.1) is 0 Å². The Hall–Kier alpha value is -1.95. The lowest BCUT2D eigenvalue weighted by Crippen LogP contribution is -2.16. The molecule has 2 aromatic rings. The average Bonchev–Trinajstić information content (AvgIpc) is 3.27. The molecule has 3 heterocycles. The molecule has 0 bridgehead atoms. The van der Waals surface area contributed by atoms with Crippen LogP contribution < -0.4 is 10.6 Å². The van der Waals surface area contributed by atoms with Crippen LogP contribution in [0.4, 0.5) is 5.82 Å². The van der Waals surface area contributed by atoms with Gasteiger partial charge >= 0.3 is 0 Å². The molecular formula is C19H28N6. The van der Waals surface area contributed by atoms with E-state index in [1.165, 1.54) is 36.9 Å². The third kappa shape index (κ3) is 3.54. The standard InChI is InChI=1S/C19H28N6/c1-2-25-12-11-21-17(25)13-22-19-15-7-9-20-10-8-16(15)23-18(24-19)14-5-3-4-6-14/h11-12,14,20H,2-10,13H2,1H3,(H,22,23,24). The maximum absolute atomic E-state index is 4.98. The number of nitrogens with one attached hydrogen (secondary N) is 2. The van der Waals surface area contributed by atoms with E-state index >= 15 is 0 Å². The van der Waals surface area contributed by atoms with Crippen LogP contribution in [0.1, 0.15) is 61.4 Å². The van der Waals surface area contributed by atoms with Crippen molar-refractivity contribution >= 4 is 5.82 Å². The van der Waals surface area contributed by atoms with Crippen molar-refractivity contribution in [3.63, 3.8) is 0 Å². The van der Waals surface area contributed by atoms with Crippen LogP contribution in [0.25, 0.3) is 0 Å². The van der Waals surface area contributed by atoms with Gasteiger partial charge in [0.2, 0.25) is 0 Å². The van der Waals surface area contributed by atoms with Gasteiger partial charge in [0.25, 0.3) is 0 Å². The van der Waals surface area contributed by atoms with Crippen LogP contribution in [-0.2, 0) is 25.9 Å². The number of hydrogen-bond acceptors (Lipinski definition) is 5. The summed E-state index contributed by atoms with van der Waals surface area (Å²) in [5.74, 6) is 3.68. The summed E-state index contributed by atoms with van der Waals surface area (Å²) in [4.78, 5) is 14.4. The number of rotatable bonds is 5. The van der Waals surface area contributed by atoms with Gasteiger partial charge in [-0.15, -0.1) is 0 Å². The molecular weight excluding hydrogens is 312 g/mol. The molecule has 4 rings (SSSR count). The number of fused-ring (bicyclic) bond motifs is 1. The quantitative estimate of drug-likeness (QED) is 0.876. The third-order valence-electron chi connectivity index (χ3n) is 5.48. The smallest absolute Gasteiger partial charge is 0.134 e. The zero-order valence-corrected chi connectivity index (χ0v) is 15.1. The lowest BCUT2D eigenvalue weighted by atomic mass is 10.0. The first-order valence-electron chi connectivity index (χ1n) is 9.69. The molecule has 2 aromatic heterocycles. The van der Waals surface area contributed by atoms with Crippen molar-refractivity contribution in [1.29, 1.82) is 0 Å². The monoisotopic (exact) mass is 340 g/mol. The van der Waals surface area contributed by atoms with Crippen molar-refractivity contribution in [2.45, 2.75) is 64.5 Å². The van der Waals surface area contributed by atoms with E-state index in [-0.39, 0.29) is 0 Å². The van der Waals surface area contributed by atoms with Crippen molar-refractivity contribution in [3.8, 4) is 0 Å². The zero-order valence-electron chi connectivity index (χ0n) is 15.1. The topological polar surface area (TPSA) is 67.7 Å². The van der Waals surface area contributed by atoms with E-state index in [9.17, 15) is 0 Å². The fraction of sp³-hybridized carbons (Fsp3) is 0.632. The van der Waals surface area contributed by atoms with Gasteiger partial charge < -0.3 is 15.2 Å². The van der Waals surface area contributed by atoms with Gasteiger partial charge in [0.1, 0.15) is 17.5 Å². The molecule has 0 saturated heterocycles. The van der Waals surface area contributed by atoms with Crippen molar-refractivity contribution in [2.24, 2.45) is 0 Å². The zero-order chi connectivity index (χ0) is 17.1. The molecule has 0 spiro atoms. The highest BCUT2D eigenvalue weighted by Crippen LogP contribution is 2.34. The molecule has 1 aliphatic heterocycles. The Kier molecular flexibility index (Phi) is 4.97. The van der Waals surface area contributed by atoms with Crippen molar-refractivity contribution in [2.75, 3.05) is 18.4 Å². The van der Waals surface area contributed by atoms with Gasteiger partial charge in [0.05, 0.1) is 12.2 Å². The first kappa shape index (κ1) is 16.5. The molecule has 2 N–H and O–H groups in total. The number of hydrogen-bond donors (Lipinski definition) is 2. The van der Waals surface area contributed by atoms with Gasteiger partial charge in [-0.05, 0) is 32.7 Å². The number of aromatic nitrogens is 4. The predicted octanol–water partition coefficient (Wildman–Crippen LogP) is 2.65. The molecule has 1 aliphatic carbocycles. The Morgan fingerprint density at radius 1 is 1.20 bits per heavy atom. The van der Waals surface area contributed by atoms with Gasteiger partial charge in [-0.25, -0.2) is 15.0 Å². The van der Waals surface area contributed by atoms with Gasteiger partial charge in [-0.2, -0.15) is 0 Å². The second kappa shape index (κ2) is 7.52. The lowest BCUT2D eigenvalue weighted by molar-refractivity contribution is 0.656. The Bertz CT molecular complexity index is 717. The van der Waals surface area contributed by atoms with E-state index in [1.54, 1.807) is 0 Å². The summed E-state index contributed by atoms with van der Waals surface area (Å²) in [7, 11) is 0. The van der Waals surface area contributed by atoms with Gasteiger partial charge in [0, 0.05) is 43.4 Å². The van der Waals surface area contributed by atoms with Gasteiger partial charge in [-0.3, -0.25) is 0 Å². The summed E-state index contributed by atoms with van der Waals surface area (Å²) in [6, 6.07) is 0. The molecule has 0 aromatic carbocycles. The molecule has 2 aliphatic rings. The molecule has 1 saturated carbocycles. The molecule has 0 radical (unpaired) electrons. The minimum atomic E-state index is 0.541. The fourth-order valence-corrected chi connectivity index (χ4v) is 4.03. The number of aryl methyl sites for hydroxylation is 1. The van der Waals surface area contributed by atoms with Crippen LogP contribution in [-0.4, -0.2) is 32.6 Å². The summed E-state index contributed by atoms with van der Waals surface area (Å²) in [5.41, 5.74) is 2.53. The average molecular weight is 340 g/mol. The second-order valence-electron chi connectivity index (χ2n) is 7.07. The molecule has 134 valence electrons. The first-order chi connectivity index (χ1) is 12.3. The summed E-state index contributed by atoms with van der Waals surface area (Å²) in [5, 5.41) is 7.07. The minimum Gasteiger partial charge on any atom is -0.362 e. The van der Waals surface area contributed by atoms with Crippen molar-refractivity contribution < 1.29 is 0 Å². The Morgan fingerprint density at radius 3 is 2.88 bits per heavy atom. The lowest BCUT2D eigenvalue weighted by Gasteiger charge is -2.17. The van der Waals surface area contributed by atoms with Crippen LogP contribution in [0.5, 0.6) is 0 Å². The van der Waals surface area contributed by atoms with E-state index in [4.69, 9.17) is 9.97 Å². The number of nitrogens with zero attached hydrogens (tertiary/aromatic N) is 4. The molecule has 25 heavy (non-hydrogen) atoms.